The maximum Gasteiger partial charge on any atom is 0.191 e. The van der Waals surface area contributed by atoms with Gasteiger partial charge in [-0.1, -0.05) is 0 Å². The van der Waals surface area contributed by atoms with E-state index in [0.29, 0.717) is 6.54 Å². The molecule has 0 spiro atoms. The lowest BCUT2D eigenvalue weighted by Crippen LogP contribution is -2.38. The first-order valence-electron chi connectivity index (χ1n) is 7.45. The van der Waals surface area contributed by atoms with Gasteiger partial charge in [-0.05, 0) is 27.7 Å². The number of aryl methyl sites for hydroxylation is 3. The largest absolute Gasteiger partial charge is 0.357 e. The molecular weight excluding hydrogens is 314 g/mol. The van der Waals surface area contributed by atoms with E-state index in [1.165, 1.54) is 14.8 Å². The molecule has 5 nitrogen and oxygen atoms in total. The van der Waals surface area contributed by atoms with Crippen molar-refractivity contribution in [3.63, 3.8) is 0 Å². The van der Waals surface area contributed by atoms with Crippen LogP contribution in [0.2, 0.25) is 0 Å². The molecule has 120 valence electrons. The van der Waals surface area contributed by atoms with Gasteiger partial charge in [-0.15, -0.1) is 22.7 Å². The number of nitrogens with one attached hydrogen (secondary N) is 2. The zero-order valence-electron chi connectivity index (χ0n) is 13.6. The van der Waals surface area contributed by atoms with Gasteiger partial charge in [0.1, 0.15) is 5.01 Å². The van der Waals surface area contributed by atoms with E-state index in [2.05, 4.69) is 53.3 Å². The Morgan fingerprint density at radius 3 is 2.59 bits per heavy atom. The monoisotopic (exact) mass is 337 g/mol. The van der Waals surface area contributed by atoms with Crippen molar-refractivity contribution in [2.45, 2.75) is 40.7 Å². The van der Waals surface area contributed by atoms with Gasteiger partial charge in [-0.2, -0.15) is 0 Å². The minimum atomic E-state index is 0.614. The van der Waals surface area contributed by atoms with Crippen LogP contribution >= 0.6 is 22.7 Å². The fraction of sp³-hybridized carbons (Fsp3) is 0.533. The van der Waals surface area contributed by atoms with Crippen LogP contribution < -0.4 is 10.6 Å². The van der Waals surface area contributed by atoms with Gasteiger partial charge in [0.2, 0.25) is 0 Å². The van der Waals surface area contributed by atoms with Crippen LogP contribution in [-0.4, -0.2) is 29.0 Å². The summed E-state index contributed by atoms with van der Waals surface area (Å²) >= 11 is 3.46. The van der Waals surface area contributed by atoms with Crippen molar-refractivity contribution in [1.82, 2.24) is 20.6 Å². The Hall–Kier alpha value is -1.47. The quantitative estimate of drug-likeness (QED) is 0.628. The van der Waals surface area contributed by atoms with Gasteiger partial charge in [0.25, 0.3) is 0 Å². The van der Waals surface area contributed by atoms with E-state index in [0.717, 1.165) is 36.2 Å². The summed E-state index contributed by atoms with van der Waals surface area (Å²) in [5, 5.41) is 8.84. The standard InChI is InChI=1S/C15H23N5S2/c1-5-16-15(19-9-14-18-8-10(2)21-14)17-7-6-13-20-11(3)12(4)22-13/h8H,5-7,9H2,1-4H3,(H2,16,17,19). The summed E-state index contributed by atoms with van der Waals surface area (Å²) in [6.45, 7) is 10.6. The molecule has 2 rings (SSSR count). The predicted octanol–water partition coefficient (Wildman–Crippen LogP) is 2.82. The van der Waals surface area contributed by atoms with Crippen LogP contribution in [0.4, 0.5) is 0 Å². The van der Waals surface area contributed by atoms with Gasteiger partial charge in [-0.25, -0.2) is 15.0 Å². The molecule has 2 aromatic heterocycles. The summed E-state index contributed by atoms with van der Waals surface area (Å²) in [4.78, 5) is 16.0. The molecule has 2 heterocycles. The van der Waals surface area contributed by atoms with Gasteiger partial charge in [0, 0.05) is 35.5 Å². The Kier molecular flexibility index (Phi) is 6.33. The third kappa shape index (κ3) is 5.06. The highest BCUT2D eigenvalue weighted by Gasteiger charge is 2.04. The Bertz CT molecular complexity index is 610. The molecule has 0 fully saturated rings. The lowest BCUT2D eigenvalue weighted by atomic mass is 10.4. The molecule has 22 heavy (non-hydrogen) atoms. The molecule has 2 aromatic rings. The van der Waals surface area contributed by atoms with Crippen LogP contribution in [0.25, 0.3) is 0 Å². The molecule has 7 heteroatoms. The first-order chi connectivity index (χ1) is 10.6. The van der Waals surface area contributed by atoms with Crippen LogP contribution in [-0.2, 0) is 13.0 Å². The molecule has 0 amide bonds. The Labute approximate surface area is 139 Å². The SMILES string of the molecule is CCNC(=NCc1ncc(C)s1)NCCc1nc(C)c(C)s1. The predicted molar refractivity (Wildman–Crippen MR) is 95.0 cm³/mol. The van der Waals surface area contributed by atoms with Gasteiger partial charge in [0.15, 0.2) is 5.96 Å². The van der Waals surface area contributed by atoms with Gasteiger partial charge < -0.3 is 10.6 Å². The summed E-state index contributed by atoms with van der Waals surface area (Å²) in [5.74, 6) is 0.834. The van der Waals surface area contributed by atoms with Crippen molar-refractivity contribution in [1.29, 1.82) is 0 Å². The van der Waals surface area contributed by atoms with Gasteiger partial charge in [0.05, 0.1) is 17.2 Å². The second-order valence-electron chi connectivity index (χ2n) is 4.99. The number of nitrogens with zero attached hydrogens (tertiary/aromatic N) is 3. The van der Waals surface area contributed by atoms with Crippen LogP contribution in [0, 0.1) is 20.8 Å². The molecule has 2 N–H and O–H groups in total. The average Bonchev–Trinajstić information content (AvgIpc) is 3.03. The van der Waals surface area contributed by atoms with E-state index >= 15 is 0 Å². The highest BCUT2D eigenvalue weighted by Crippen LogP contribution is 2.16. The molecule has 0 unspecified atom stereocenters. The molecule has 0 bridgehead atoms. The number of guanidine groups is 1. The summed E-state index contributed by atoms with van der Waals surface area (Å²) in [6, 6.07) is 0. The van der Waals surface area contributed by atoms with E-state index in [1.807, 2.05) is 6.20 Å². The van der Waals surface area contributed by atoms with Crippen molar-refractivity contribution in [3.8, 4) is 0 Å². The summed E-state index contributed by atoms with van der Waals surface area (Å²) < 4.78 is 0. The van der Waals surface area contributed by atoms with Crippen molar-refractivity contribution in [3.05, 3.63) is 31.7 Å². The van der Waals surface area contributed by atoms with Gasteiger partial charge in [-0.3, -0.25) is 0 Å². The molecule has 0 atom stereocenters. The molecule has 0 aliphatic carbocycles. The minimum Gasteiger partial charge on any atom is -0.357 e. The number of hydrogen-bond donors (Lipinski definition) is 2. The second-order valence-corrected chi connectivity index (χ2v) is 7.59. The lowest BCUT2D eigenvalue weighted by molar-refractivity contribution is 0.794. The van der Waals surface area contributed by atoms with E-state index in [4.69, 9.17) is 0 Å². The first kappa shape index (κ1) is 16.9. The highest BCUT2D eigenvalue weighted by molar-refractivity contribution is 7.11. The maximum atomic E-state index is 4.58. The zero-order chi connectivity index (χ0) is 15.9. The van der Waals surface area contributed by atoms with E-state index in [-0.39, 0.29) is 0 Å². The molecule has 0 aliphatic heterocycles. The Balaban J connectivity index is 1.85. The maximum absolute atomic E-state index is 4.58. The van der Waals surface area contributed by atoms with E-state index < -0.39 is 0 Å². The topological polar surface area (TPSA) is 62.2 Å². The van der Waals surface area contributed by atoms with Crippen molar-refractivity contribution in [2.75, 3.05) is 13.1 Å². The lowest BCUT2D eigenvalue weighted by Gasteiger charge is -2.10. The average molecular weight is 338 g/mol. The highest BCUT2D eigenvalue weighted by atomic mass is 32.1. The molecule has 0 saturated carbocycles. The Morgan fingerprint density at radius 2 is 2.00 bits per heavy atom. The first-order valence-corrected chi connectivity index (χ1v) is 9.08. The fourth-order valence-corrected chi connectivity index (χ4v) is 3.54. The van der Waals surface area contributed by atoms with Crippen molar-refractivity contribution < 1.29 is 0 Å². The number of thiazole rings is 2. The van der Waals surface area contributed by atoms with Crippen LogP contribution in [0.3, 0.4) is 0 Å². The van der Waals surface area contributed by atoms with Crippen molar-refractivity contribution >= 4 is 28.6 Å². The summed E-state index contributed by atoms with van der Waals surface area (Å²) in [6.07, 6.45) is 2.81. The van der Waals surface area contributed by atoms with E-state index in [9.17, 15) is 0 Å². The Morgan fingerprint density at radius 1 is 1.18 bits per heavy atom. The number of rotatable bonds is 6. The molecule has 0 radical (unpaired) electrons. The number of aromatic nitrogens is 2. The third-order valence-corrected chi connectivity index (χ3v) is 5.12. The van der Waals surface area contributed by atoms with Crippen molar-refractivity contribution in [2.24, 2.45) is 4.99 Å². The second kappa shape index (κ2) is 8.24. The molecular formula is C15H23N5S2. The smallest absolute Gasteiger partial charge is 0.191 e. The van der Waals surface area contributed by atoms with Gasteiger partial charge >= 0.3 is 0 Å². The van der Waals surface area contributed by atoms with E-state index in [1.54, 1.807) is 22.7 Å². The third-order valence-electron chi connectivity index (χ3n) is 3.09. The molecule has 0 aliphatic rings. The van der Waals surface area contributed by atoms with Crippen LogP contribution in [0.5, 0.6) is 0 Å². The minimum absolute atomic E-state index is 0.614. The summed E-state index contributed by atoms with van der Waals surface area (Å²) in [7, 11) is 0. The normalized spacial score (nSPS) is 11.7. The number of aliphatic imine (C=N–C) groups is 1. The van der Waals surface area contributed by atoms with Crippen LogP contribution in [0.1, 0.15) is 32.4 Å². The number of hydrogen-bond acceptors (Lipinski definition) is 5. The van der Waals surface area contributed by atoms with Crippen LogP contribution in [0.15, 0.2) is 11.2 Å². The summed E-state index contributed by atoms with van der Waals surface area (Å²) in [5.41, 5.74) is 1.14. The molecule has 0 saturated heterocycles. The fourth-order valence-electron chi connectivity index (χ4n) is 1.90. The zero-order valence-corrected chi connectivity index (χ0v) is 15.2. The molecule has 0 aromatic carbocycles.